The normalized spacial score (nSPS) is 12.6. The molecule has 0 saturated carbocycles. The molecule has 37 heavy (non-hydrogen) atoms. The van der Waals surface area contributed by atoms with Gasteiger partial charge in [-0.1, -0.05) is 35.9 Å². The zero-order valence-corrected chi connectivity index (χ0v) is 22.8. The van der Waals surface area contributed by atoms with Crippen molar-refractivity contribution in [1.82, 2.24) is 0 Å². The predicted octanol–water partition coefficient (Wildman–Crippen LogP) is 6.17. The van der Waals surface area contributed by atoms with Crippen LogP contribution in [0.3, 0.4) is 0 Å². The number of para-hydroxylation sites is 2. The largest absolute Gasteiger partial charge is 0.508 e. The second-order valence-corrected chi connectivity index (χ2v) is 9.60. The molecular weight excluding hydrogens is 585 g/mol. The molecular formula is C28H30IN3O5. The molecule has 0 aromatic heterocycles. The number of rotatable bonds is 10. The maximum atomic E-state index is 12.8. The lowest BCUT2D eigenvalue weighted by atomic mass is 9.99. The minimum absolute atomic E-state index is 0.00836. The summed E-state index contributed by atoms with van der Waals surface area (Å²) in [6.45, 7) is 1.95. The minimum Gasteiger partial charge on any atom is -0.508 e. The number of allylic oxidation sites excluding steroid dienone is 1. The van der Waals surface area contributed by atoms with Gasteiger partial charge in [0.05, 0.1) is 17.5 Å². The van der Waals surface area contributed by atoms with Gasteiger partial charge in [0, 0.05) is 21.9 Å². The molecule has 8 nitrogen and oxygen atoms in total. The summed E-state index contributed by atoms with van der Waals surface area (Å²) >= 11 is 2.13. The van der Waals surface area contributed by atoms with Crippen LogP contribution in [0.25, 0.3) is 0 Å². The lowest BCUT2D eigenvalue weighted by Gasteiger charge is -2.27. The number of nitrogens with one attached hydrogen (secondary N) is 2. The summed E-state index contributed by atoms with van der Waals surface area (Å²) in [7, 11) is 1.51. The van der Waals surface area contributed by atoms with Gasteiger partial charge in [-0.25, -0.2) is 4.79 Å². The highest BCUT2D eigenvalue weighted by Gasteiger charge is 2.29. The maximum absolute atomic E-state index is 12.8. The summed E-state index contributed by atoms with van der Waals surface area (Å²) in [6.07, 6.45) is 1.84. The first kappa shape index (κ1) is 28.0. The highest BCUT2D eigenvalue weighted by atomic mass is 127. The number of ether oxygens (including phenoxy) is 2. The van der Waals surface area contributed by atoms with Gasteiger partial charge in [-0.2, -0.15) is 0 Å². The van der Waals surface area contributed by atoms with Crippen LogP contribution < -0.4 is 16.4 Å². The molecule has 0 bridgehead atoms. The van der Waals surface area contributed by atoms with Crippen LogP contribution in [-0.4, -0.2) is 30.3 Å². The molecule has 2 atom stereocenters. The fourth-order valence-corrected chi connectivity index (χ4v) is 4.14. The predicted molar refractivity (Wildman–Crippen MR) is 154 cm³/mol. The third-order valence-corrected chi connectivity index (χ3v) is 6.25. The molecule has 9 heteroatoms. The number of benzene rings is 3. The van der Waals surface area contributed by atoms with E-state index in [4.69, 9.17) is 15.2 Å². The van der Waals surface area contributed by atoms with Gasteiger partial charge >= 0.3 is 6.09 Å². The minimum atomic E-state index is -0.892. The number of hydrogen-bond acceptors (Lipinski definition) is 6. The summed E-state index contributed by atoms with van der Waals surface area (Å²) in [5, 5.41) is 16.0. The first-order valence-corrected chi connectivity index (χ1v) is 12.7. The van der Waals surface area contributed by atoms with Crippen molar-refractivity contribution in [3.63, 3.8) is 0 Å². The number of aromatic hydroxyl groups is 1. The van der Waals surface area contributed by atoms with E-state index < -0.39 is 18.3 Å². The number of amides is 2. The molecule has 194 valence electrons. The fourth-order valence-electron chi connectivity index (χ4n) is 3.62. The van der Waals surface area contributed by atoms with Gasteiger partial charge in [-0.3, -0.25) is 10.1 Å². The monoisotopic (exact) mass is 615 g/mol. The Morgan fingerprint density at radius 3 is 2.51 bits per heavy atom. The number of nitrogens with two attached hydrogens (primary N) is 1. The van der Waals surface area contributed by atoms with Gasteiger partial charge in [0.2, 0.25) is 5.91 Å². The molecule has 3 aromatic rings. The Bertz CT molecular complexity index is 1250. The van der Waals surface area contributed by atoms with Crippen LogP contribution in [-0.2, 0) is 14.3 Å². The molecule has 0 saturated heterocycles. The van der Waals surface area contributed by atoms with Gasteiger partial charge < -0.3 is 25.6 Å². The van der Waals surface area contributed by atoms with E-state index in [1.165, 1.54) is 13.2 Å². The van der Waals surface area contributed by atoms with Crippen molar-refractivity contribution in [2.75, 3.05) is 23.5 Å². The smallest absolute Gasteiger partial charge is 0.412 e. The molecule has 0 unspecified atom stereocenters. The summed E-state index contributed by atoms with van der Waals surface area (Å²) in [5.41, 5.74) is 8.96. The molecule has 0 aliphatic heterocycles. The van der Waals surface area contributed by atoms with Crippen LogP contribution >= 0.6 is 22.6 Å². The first-order valence-electron chi connectivity index (χ1n) is 11.6. The molecule has 0 radical (unpaired) electrons. The zero-order valence-electron chi connectivity index (χ0n) is 20.6. The van der Waals surface area contributed by atoms with Gasteiger partial charge in [-0.15, -0.1) is 0 Å². The number of phenolic OH excluding ortho intramolecular Hbond substituents is 1. The molecule has 2 amide bonds. The Kier molecular flexibility index (Phi) is 10.3. The second kappa shape index (κ2) is 13.7. The summed E-state index contributed by atoms with van der Waals surface area (Å²) in [6, 6.07) is 19.4. The second-order valence-electron chi connectivity index (χ2n) is 8.35. The van der Waals surface area contributed by atoms with Crippen LogP contribution in [0, 0.1) is 10.5 Å². The van der Waals surface area contributed by atoms with E-state index in [0.29, 0.717) is 35.5 Å². The molecule has 0 spiro atoms. The van der Waals surface area contributed by atoms with E-state index >= 15 is 0 Å². The highest BCUT2D eigenvalue weighted by molar-refractivity contribution is 14.1. The Morgan fingerprint density at radius 1 is 1.08 bits per heavy atom. The third kappa shape index (κ3) is 8.50. The number of anilines is 3. The van der Waals surface area contributed by atoms with Crippen molar-refractivity contribution < 1.29 is 24.2 Å². The van der Waals surface area contributed by atoms with Gasteiger partial charge in [0.25, 0.3) is 0 Å². The lowest BCUT2D eigenvalue weighted by molar-refractivity contribution is -0.111. The van der Waals surface area contributed by atoms with Crippen LogP contribution in [0.1, 0.15) is 30.1 Å². The van der Waals surface area contributed by atoms with Gasteiger partial charge in [0.1, 0.15) is 5.75 Å². The molecule has 5 N–H and O–H groups in total. The molecule has 3 aromatic carbocycles. The van der Waals surface area contributed by atoms with E-state index in [-0.39, 0.29) is 11.7 Å². The number of hydrogen-bond donors (Lipinski definition) is 4. The van der Waals surface area contributed by atoms with Crippen molar-refractivity contribution in [2.45, 2.75) is 32.0 Å². The highest BCUT2D eigenvalue weighted by Crippen LogP contribution is 2.34. The Labute approximate surface area is 230 Å². The van der Waals surface area contributed by atoms with E-state index in [9.17, 15) is 14.7 Å². The van der Waals surface area contributed by atoms with Crippen molar-refractivity contribution in [3.05, 3.63) is 93.6 Å². The number of phenols is 1. The van der Waals surface area contributed by atoms with Crippen molar-refractivity contribution in [2.24, 2.45) is 0 Å². The molecule has 0 aliphatic carbocycles. The summed E-state index contributed by atoms with van der Waals surface area (Å²) in [5.74, 6) is -0.321. The topological polar surface area (TPSA) is 123 Å². The molecule has 0 fully saturated rings. The van der Waals surface area contributed by atoms with Crippen molar-refractivity contribution >= 4 is 51.7 Å². The first-order chi connectivity index (χ1) is 17.8. The van der Waals surface area contributed by atoms with Crippen molar-refractivity contribution in [1.29, 1.82) is 0 Å². The SMILES string of the molecule is CO[C@@H](CC/C=C/C(=O)Nc1ccccc1N)[C@@H](OC(=O)Nc1ccc(C)cc1)c1cc(I)ccc1O. The molecule has 0 aliphatic rings. The number of halogens is 1. The third-order valence-electron chi connectivity index (χ3n) is 5.57. The number of nitrogen functional groups attached to an aromatic ring is 1. The van der Waals surface area contributed by atoms with E-state index in [0.717, 1.165) is 9.13 Å². The number of carbonyl (C=O) groups is 2. The van der Waals surface area contributed by atoms with Crippen LogP contribution in [0.15, 0.2) is 78.9 Å². The Balaban J connectivity index is 1.69. The number of methoxy groups -OCH3 is 1. The maximum Gasteiger partial charge on any atom is 0.412 e. The zero-order chi connectivity index (χ0) is 26.8. The lowest BCUT2D eigenvalue weighted by Crippen LogP contribution is -2.28. The molecule has 0 heterocycles. The number of aryl methyl sites for hydroxylation is 1. The van der Waals surface area contributed by atoms with Gasteiger partial charge in [0.15, 0.2) is 6.10 Å². The Hall–Kier alpha value is -3.57. The summed E-state index contributed by atoms with van der Waals surface area (Å²) < 4.78 is 12.3. The van der Waals surface area contributed by atoms with E-state index in [1.807, 2.05) is 19.1 Å². The van der Waals surface area contributed by atoms with E-state index in [2.05, 4.69) is 33.2 Å². The van der Waals surface area contributed by atoms with Crippen molar-refractivity contribution in [3.8, 4) is 5.75 Å². The number of carbonyl (C=O) groups excluding carboxylic acids is 2. The summed E-state index contributed by atoms with van der Waals surface area (Å²) in [4.78, 5) is 25.0. The van der Waals surface area contributed by atoms with Gasteiger partial charge in [-0.05, 0) is 90.9 Å². The standard InChI is InChI=1S/C28H30IN3O5/c1-18-11-14-20(15-12-18)31-28(35)37-27(21-17-19(29)13-16-24(21)33)25(36-2)9-5-6-10-26(34)32-23-8-4-3-7-22(23)30/h3-4,6-8,10-17,25,27,33H,5,9,30H2,1-2H3,(H,31,35)(H,32,34)/b10-6+/t25-,27-/m0/s1. The molecule has 3 rings (SSSR count). The average Bonchev–Trinajstić information content (AvgIpc) is 2.87. The fraction of sp³-hybridized carbons (Fsp3) is 0.214. The van der Waals surface area contributed by atoms with E-state index in [1.54, 1.807) is 60.7 Å². The van der Waals surface area contributed by atoms with Crippen LogP contribution in [0.4, 0.5) is 21.9 Å². The quantitative estimate of drug-likeness (QED) is 0.123. The van der Waals surface area contributed by atoms with Crippen LogP contribution in [0.2, 0.25) is 0 Å². The Morgan fingerprint density at radius 2 is 1.81 bits per heavy atom. The van der Waals surface area contributed by atoms with Crippen LogP contribution in [0.5, 0.6) is 5.75 Å². The average molecular weight is 615 g/mol.